The number of alkyl halides is 3. The first kappa shape index (κ1) is 32.7. The van der Waals surface area contributed by atoms with E-state index in [1.165, 1.54) is 10.6 Å². The van der Waals surface area contributed by atoms with E-state index in [4.69, 9.17) is 19.9 Å². The summed E-state index contributed by atoms with van der Waals surface area (Å²) in [6.45, 7) is 3.05. The largest absolute Gasteiger partial charge is 0.490 e. The van der Waals surface area contributed by atoms with Crippen LogP contribution >= 0.6 is 11.3 Å². The molecule has 0 radical (unpaired) electrons. The summed E-state index contributed by atoms with van der Waals surface area (Å²) in [6, 6.07) is 28.7. The third kappa shape index (κ3) is 7.67. The molecule has 0 spiro atoms. The number of carboxylic acid groups (broad SMARTS) is 1. The Balaban J connectivity index is 0.000000519. The molecule has 7 rings (SSSR count). The molecule has 1 aliphatic heterocycles. The number of rotatable bonds is 6. The van der Waals surface area contributed by atoms with Gasteiger partial charge in [0.05, 0.1) is 32.2 Å². The fraction of sp³-hybridized carbons (Fsp3) is 0.194. The summed E-state index contributed by atoms with van der Waals surface area (Å²) in [5, 5.41) is 8.95. The Morgan fingerprint density at radius 2 is 1.65 bits per heavy atom. The fourth-order valence-corrected chi connectivity index (χ4v) is 6.70. The molecule has 6 aromatic rings. The van der Waals surface area contributed by atoms with E-state index in [1.54, 1.807) is 17.5 Å². The second-order valence-corrected chi connectivity index (χ2v) is 12.4. The van der Waals surface area contributed by atoms with Crippen LogP contribution in [0.3, 0.4) is 0 Å². The van der Waals surface area contributed by atoms with Crippen LogP contribution in [0.5, 0.6) is 0 Å². The van der Waals surface area contributed by atoms with Crippen LogP contribution in [0.2, 0.25) is 0 Å². The summed E-state index contributed by atoms with van der Waals surface area (Å²) >= 11 is 1.78. The van der Waals surface area contributed by atoms with Crippen LogP contribution in [0.15, 0.2) is 108 Å². The number of pyridine rings is 3. The molecule has 244 valence electrons. The Labute approximate surface area is 277 Å². The molecule has 0 amide bonds. The van der Waals surface area contributed by atoms with E-state index in [-0.39, 0.29) is 5.56 Å². The number of likely N-dealkylation sites (tertiary alicyclic amines) is 1. The van der Waals surface area contributed by atoms with Crippen LogP contribution in [0.25, 0.3) is 43.9 Å². The number of aromatic amines is 1. The minimum absolute atomic E-state index is 0.124. The molecule has 2 N–H and O–H groups in total. The van der Waals surface area contributed by atoms with Crippen molar-refractivity contribution in [1.82, 2.24) is 24.8 Å². The number of aliphatic carboxylic acids is 1. The number of fused-ring (bicyclic) bond motifs is 1. The van der Waals surface area contributed by atoms with Gasteiger partial charge in [0.25, 0.3) is 5.56 Å². The smallest absolute Gasteiger partial charge is 0.475 e. The quantitative estimate of drug-likeness (QED) is 0.186. The van der Waals surface area contributed by atoms with E-state index in [9.17, 15) is 18.0 Å². The number of thiazole rings is 1. The lowest BCUT2D eigenvalue weighted by Crippen LogP contribution is -2.32. The maximum absolute atomic E-state index is 12.5. The van der Waals surface area contributed by atoms with Crippen LogP contribution in [0.4, 0.5) is 13.2 Å². The number of aromatic nitrogens is 4. The average molecular weight is 670 g/mol. The molecular weight excluding hydrogens is 639 g/mol. The van der Waals surface area contributed by atoms with Crippen molar-refractivity contribution in [3.63, 3.8) is 0 Å². The van der Waals surface area contributed by atoms with Crippen LogP contribution in [0.1, 0.15) is 29.3 Å². The number of hydrogen-bond acceptors (Lipinski definition) is 7. The highest BCUT2D eigenvalue weighted by Gasteiger charge is 2.38. The van der Waals surface area contributed by atoms with Gasteiger partial charge in [-0.15, -0.1) is 11.3 Å². The Morgan fingerprint density at radius 1 is 0.938 bits per heavy atom. The van der Waals surface area contributed by atoms with Gasteiger partial charge >= 0.3 is 12.1 Å². The van der Waals surface area contributed by atoms with E-state index in [2.05, 4.69) is 51.3 Å². The molecule has 12 heteroatoms. The molecule has 0 bridgehead atoms. The number of carboxylic acids is 1. The molecule has 0 aliphatic carbocycles. The Hall–Kier alpha value is -5.20. The average Bonchev–Trinajstić information content (AvgIpc) is 3.60. The monoisotopic (exact) mass is 669 g/mol. The van der Waals surface area contributed by atoms with Crippen molar-refractivity contribution in [2.24, 2.45) is 0 Å². The summed E-state index contributed by atoms with van der Waals surface area (Å²) in [5.74, 6) is -2.24. The van der Waals surface area contributed by atoms with Gasteiger partial charge in [0.15, 0.2) is 0 Å². The third-order valence-corrected chi connectivity index (χ3v) is 9.27. The van der Waals surface area contributed by atoms with Crippen molar-refractivity contribution < 1.29 is 23.1 Å². The van der Waals surface area contributed by atoms with Gasteiger partial charge in [-0.2, -0.15) is 13.2 Å². The van der Waals surface area contributed by atoms with Gasteiger partial charge in [-0.05, 0) is 61.3 Å². The molecule has 4 aromatic heterocycles. The lowest BCUT2D eigenvalue weighted by molar-refractivity contribution is -0.192. The molecule has 0 atom stereocenters. The van der Waals surface area contributed by atoms with Crippen LogP contribution < -0.4 is 5.56 Å². The zero-order chi connectivity index (χ0) is 33.7. The lowest BCUT2D eigenvalue weighted by Gasteiger charge is -2.31. The zero-order valence-electron chi connectivity index (χ0n) is 25.5. The highest BCUT2D eigenvalue weighted by Crippen LogP contribution is 2.35. The highest BCUT2D eigenvalue weighted by atomic mass is 32.1. The molecule has 2 aromatic carbocycles. The molecular formula is C36H30F3N5O3S. The number of piperidine rings is 1. The molecule has 1 fully saturated rings. The van der Waals surface area contributed by atoms with E-state index < -0.39 is 12.1 Å². The maximum atomic E-state index is 12.5. The maximum Gasteiger partial charge on any atom is 0.490 e. The number of nitrogens with zero attached hydrogens (tertiary/aromatic N) is 4. The Morgan fingerprint density at radius 3 is 2.31 bits per heavy atom. The zero-order valence-corrected chi connectivity index (χ0v) is 26.3. The number of nitrogens with one attached hydrogen (secondary N) is 1. The number of H-pyrrole nitrogens is 1. The minimum atomic E-state index is -5.08. The molecule has 0 saturated carbocycles. The molecule has 8 nitrogen and oxygen atoms in total. The summed E-state index contributed by atoms with van der Waals surface area (Å²) in [6.07, 6.45) is 2.62. The molecule has 0 unspecified atom stereocenters. The standard InChI is InChI=1S/C34H29N5OS.C2HF3O2/c40-33-28-20-27(24-6-2-1-3-7-24)32(38-29(28)13-17-36-33)25-11-9-23(10-12-25)22-39-18-14-26(15-19-39)34-37-21-31(41-34)30-8-4-5-16-35-30;3-2(4,5)1(6)7/h1-13,16-17,20-21,26H,14-15,18-19,22H2,(H,36,40);(H,6,7). The van der Waals surface area contributed by atoms with Gasteiger partial charge in [0, 0.05) is 42.2 Å². The normalized spacial score (nSPS) is 14.0. The minimum Gasteiger partial charge on any atom is -0.475 e. The molecule has 5 heterocycles. The van der Waals surface area contributed by atoms with Gasteiger partial charge in [0.1, 0.15) is 0 Å². The summed E-state index contributed by atoms with van der Waals surface area (Å²) in [7, 11) is 0. The SMILES string of the molecule is O=C(O)C(F)(F)F.O=c1[nH]ccc2nc(-c3ccc(CN4CCC(c5ncc(-c6ccccn6)s5)CC4)cc3)c(-c3ccccc3)cc12. The summed E-state index contributed by atoms with van der Waals surface area (Å²) in [4.78, 5) is 42.0. The van der Waals surface area contributed by atoms with Gasteiger partial charge < -0.3 is 10.1 Å². The fourth-order valence-electron chi connectivity index (χ4n) is 5.64. The van der Waals surface area contributed by atoms with Crippen molar-refractivity contribution >= 4 is 28.2 Å². The molecule has 48 heavy (non-hydrogen) atoms. The summed E-state index contributed by atoms with van der Waals surface area (Å²) in [5.41, 5.74) is 6.79. The number of carbonyl (C=O) groups is 1. The van der Waals surface area contributed by atoms with Gasteiger partial charge in [-0.1, -0.05) is 60.7 Å². The van der Waals surface area contributed by atoms with E-state index in [0.29, 0.717) is 16.8 Å². The first-order valence-electron chi connectivity index (χ1n) is 15.2. The Kier molecular flexibility index (Phi) is 9.74. The highest BCUT2D eigenvalue weighted by molar-refractivity contribution is 7.15. The second kappa shape index (κ2) is 14.3. The van der Waals surface area contributed by atoms with Crippen molar-refractivity contribution in [3.05, 3.63) is 124 Å². The van der Waals surface area contributed by atoms with E-state index in [0.717, 1.165) is 65.4 Å². The van der Waals surface area contributed by atoms with Gasteiger partial charge in [-0.3, -0.25) is 14.7 Å². The Bertz CT molecular complexity index is 2060. The molecule has 1 saturated heterocycles. The first-order chi connectivity index (χ1) is 23.2. The van der Waals surface area contributed by atoms with Crippen LogP contribution in [0, 0.1) is 0 Å². The van der Waals surface area contributed by atoms with Crippen molar-refractivity contribution in [3.8, 4) is 33.0 Å². The molecule has 1 aliphatic rings. The predicted molar refractivity (Wildman–Crippen MR) is 180 cm³/mol. The van der Waals surface area contributed by atoms with Gasteiger partial charge in [-0.25, -0.2) is 14.8 Å². The van der Waals surface area contributed by atoms with Gasteiger partial charge in [0.2, 0.25) is 0 Å². The number of benzene rings is 2. The van der Waals surface area contributed by atoms with Crippen LogP contribution in [-0.2, 0) is 11.3 Å². The topological polar surface area (TPSA) is 112 Å². The van der Waals surface area contributed by atoms with E-state index >= 15 is 0 Å². The number of halogens is 3. The van der Waals surface area contributed by atoms with Crippen molar-refractivity contribution in [2.75, 3.05) is 13.1 Å². The lowest BCUT2D eigenvalue weighted by atomic mass is 9.96. The summed E-state index contributed by atoms with van der Waals surface area (Å²) < 4.78 is 31.7. The van der Waals surface area contributed by atoms with Crippen molar-refractivity contribution in [2.45, 2.75) is 31.5 Å². The van der Waals surface area contributed by atoms with Crippen molar-refractivity contribution in [1.29, 1.82) is 0 Å². The third-order valence-electron chi connectivity index (χ3n) is 8.09. The van der Waals surface area contributed by atoms with Crippen LogP contribution in [-0.4, -0.2) is 55.2 Å². The first-order valence-corrected chi connectivity index (χ1v) is 16.0. The number of hydrogen-bond donors (Lipinski definition) is 2. The predicted octanol–water partition coefficient (Wildman–Crippen LogP) is 7.79. The van der Waals surface area contributed by atoms with E-state index in [1.807, 2.05) is 60.9 Å². The second-order valence-electron chi connectivity index (χ2n) is 11.3.